The van der Waals surface area contributed by atoms with Crippen LogP contribution < -0.4 is 9.73 Å². The zero-order valence-corrected chi connectivity index (χ0v) is 17.3. The van der Waals surface area contributed by atoms with E-state index < -0.39 is 22.5 Å². The number of carbonyl (C=O) groups excluding carboxylic acids is 1. The fourth-order valence-electron chi connectivity index (χ4n) is 2.88. The van der Waals surface area contributed by atoms with Crippen LogP contribution in [0.15, 0.2) is 58.5 Å². The molecule has 6 nitrogen and oxygen atoms in total. The van der Waals surface area contributed by atoms with Gasteiger partial charge in [0.05, 0.1) is 20.6 Å². The van der Waals surface area contributed by atoms with Crippen molar-refractivity contribution in [2.75, 3.05) is 10.8 Å². The first-order valence-electron chi connectivity index (χ1n) is 8.75. The molecule has 28 heavy (non-hydrogen) atoms. The van der Waals surface area contributed by atoms with E-state index in [1.54, 1.807) is 18.2 Å². The van der Waals surface area contributed by atoms with E-state index in [-0.39, 0.29) is 15.6 Å². The molecular weight excluding hydrogens is 421 g/mol. The van der Waals surface area contributed by atoms with Crippen LogP contribution >= 0.6 is 23.2 Å². The Morgan fingerprint density at radius 1 is 1.04 bits per heavy atom. The molecule has 1 saturated carbocycles. The number of nitrogens with one attached hydrogen (secondary N) is 1. The highest BCUT2D eigenvalue weighted by Gasteiger charge is 2.27. The highest BCUT2D eigenvalue weighted by molar-refractivity contribution is 7.92. The summed E-state index contributed by atoms with van der Waals surface area (Å²) in [6, 6.07) is 12.3. The third-order valence-corrected chi connectivity index (χ3v) is 6.86. The largest absolute Gasteiger partial charge is 0.271 e. The number of hydrogen-bond acceptors (Lipinski definition) is 4. The van der Waals surface area contributed by atoms with Crippen molar-refractivity contribution in [1.29, 1.82) is 0 Å². The number of hydrazone groups is 1. The van der Waals surface area contributed by atoms with E-state index in [0.29, 0.717) is 5.02 Å². The van der Waals surface area contributed by atoms with Crippen molar-refractivity contribution in [2.45, 2.75) is 30.6 Å². The van der Waals surface area contributed by atoms with Crippen LogP contribution in [0.4, 0.5) is 5.69 Å². The molecule has 3 rings (SSSR count). The number of anilines is 1. The Balaban J connectivity index is 1.91. The van der Waals surface area contributed by atoms with Crippen molar-refractivity contribution in [1.82, 2.24) is 5.43 Å². The lowest BCUT2D eigenvalue weighted by Gasteiger charge is -2.24. The van der Waals surface area contributed by atoms with Crippen LogP contribution in [0.3, 0.4) is 0 Å². The van der Waals surface area contributed by atoms with Crippen LogP contribution in [0.2, 0.25) is 10.0 Å². The van der Waals surface area contributed by atoms with Crippen molar-refractivity contribution in [3.05, 3.63) is 58.6 Å². The van der Waals surface area contributed by atoms with Crippen molar-refractivity contribution in [3.8, 4) is 0 Å². The minimum absolute atomic E-state index is 0.0657. The van der Waals surface area contributed by atoms with Crippen LogP contribution in [0.1, 0.15) is 25.7 Å². The van der Waals surface area contributed by atoms with Gasteiger partial charge in [0.2, 0.25) is 0 Å². The summed E-state index contributed by atoms with van der Waals surface area (Å²) in [4.78, 5) is 12.5. The summed E-state index contributed by atoms with van der Waals surface area (Å²) in [5.41, 5.74) is 3.61. The molecule has 2 aromatic carbocycles. The summed E-state index contributed by atoms with van der Waals surface area (Å²) in [6.07, 6.45) is 3.79. The Bertz CT molecular complexity index is 987. The van der Waals surface area contributed by atoms with Gasteiger partial charge in [-0.15, -0.1) is 0 Å². The van der Waals surface area contributed by atoms with Gasteiger partial charge in [0.15, 0.2) is 0 Å². The lowest BCUT2D eigenvalue weighted by atomic mass is 10.3. The van der Waals surface area contributed by atoms with Gasteiger partial charge in [0.25, 0.3) is 15.9 Å². The number of nitrogens with zero attached hydrogens (tertiary/aromatic N) is 2. The molecule has 0 aromatic heterocycles. The van der Waals surface area contributed by atoms with E-state index in [1.807, 2.05) is 0 Å². The first-order chi connectivity index (χ1) is 13.4. The SMILES string of the molecule is O=C(CN(c1ccc(Cl)c(Cl)c1)S(=O)(=O)c1ccccc1)NN=C1CCCC1. The Hall–Kier alpha value is -2.09. The second kappa shape index (κ2) is 8.94. The van der Waals surface area contributed by atoms with E-state index in [4.69, 9.17) is 23.2 Å². The van der Waals surface area contributed by atoms with Gasteiger partial charge in [-0.25, -0.2) is 13.8 Å². The van der Waals surface area contributed by atoms with Gasteiger partial charge in [-0.3, -0.25) is 9.10 Å². The second-order valence-corrected chi connectivity index (χ2v) is 9.02. The zero-order chi connectivity index (χ0) is 20.1. The lowest BCUT2D eigenvalue weighted by Crippen LogP contribution is -2.39. The average Bonchev–Trinajstić information content (AvgIpc) is 3.21. The van der Waals surface area contributed by atoms with Crippen LogP contribution in [0.25, 0.3) is 0 Å². The summed E-state index contributed by atoms with van der Waals surface area (Å²) >= 11 is 12.0. The molecule has 0 unspecified atom stereocenters. The molecule has 0 heterocycles. The topological polar surface area (TPSA) is 78.8 Å². The zero-order valence-electron chi connectivity index (χ0n) is 14.9. The smallest absolute Gasteiger partial charge is 0.264 e. The number of halogens is 2. The van der Waals surface area contributed by atoms with Crippen LogP contribution in [0, 0.1) is 0 Å². The molecule has 148 valence electrons. The maximum Gasteiger partial charge on any atom is 0.264 e. The molecule has 1 N–H and O–H groups in total. The normalized spacial score (nSPS) is 14.0. The minimum Gasteiger partial charge on any atom is -0.271 e. The molecule has 1 aliphatic carbocycles. The molecule has 0 atom stereocenters. The summed E-state index contributed by atoms with van der Waals surface area (Å²) in [7, 11) is -3.99. The molecular formula is C19H19Cl2N3O3S. The summed E-state index contributed by atoms with van der Waals surface area (Å²) in [6.45, 7) is -0.439. The predicted molar refractivity (Wildman–Crippen MR) is 111 cm³/mol. The molecule has 1 amide bonds. The molecule has 1 fully saturated rings. The van der Waals surface area contributed by atoms with Gasteiger partial charge >= 0.3 is 0 Å². The lowest BCUT2D eigenvalue weighted by molar-refractivity contribution is -0.119. The Morgan fingerprint density at radius 3 is 2.36 bits per heavy atom. The van der Waals surface area contributed by atoms with E-state index >= 15 is 0 Å². The molecule has 2 aromatic rings. The highest BCUT2D eigenvalue weighted by atomic mass is 35.5. The first-order valence-corrected chi connectivity index (χ1v) is 10.9. The van der Waals surface area contributed by atoms with Crippen molar-refractivity contribution in [2.24, 2.45) is 5.10 Å². The summed E-state index contributed by atoms with van der Waals surface area (Å²) in [5, 5.41) is 4.59. The van der Waals surface area contributed by atoms with Crippen LogP contribution in [0.5, 0.6) is 0 Å². The van der Waals surface area contributed by atoms with Crippen LogP contribution in [-0.2, 0) is 14.8 Å². The maximum atomic E-state index is 13.2. The van der Waals surface area contributed by atoms with Gasteiger partial charge in [-0.05, 0) is 56.0 Å². The standard InChI is InChI=1S/C19H19Cl2N3O3S/c20-17-11-10-15(12-18(17)21)24(28(26,27)16-8-2-1-3-9-16)13-19(25)23-22-14-6-4-5-7-14/h1-3,8-12H,4-7,13H2,(H,23,25). The average molecular weight is 440 g/mol. The molecule has 0 spiro atoms. The van der Waals surface area contributed by atoms with Gasteiger partial charge in [0, 0.05) is 5.71 Å². The Kier molecular flexibility index (Phi) is 6.59. The van der Waals surface area contributed by atoms with E-state index in [0.717, 1.165) is 35.7 Å². The quantitative estimate of drug-likeness (QED) is 0.683. The third kappa shape index (κ3) is 4.84. The van der Waals surface area contributed by atoms with Crippen LogP contribution in [-0.4, -0.2) is 26.6 Å². The number of hydrogen-bond donors (Lipinski definition) is 1. The fraction of sp³-hybridized carbons (Fsp3) is 0.263. The van der Waals surface area contributed by atoms with Crippen molar-refractivity contribution >= 4 is 50.5 Å². The Morgan fingerprint density at radius 2 is 1.71 bits per heavy atom. The number of sulfonamides is 1. The summed E-state index contributed by atoms with van der Waals surface area (Å²) in [5.74, 6) is -0.537. The van der Waals surface area contributed by atoms with E-state index in [9.17, 15) is 13.2 Å². The minimum atomic E-state index is -3.99. The van der Waals surface area contributed by atoms with E-state index in [2.05, 4.69) is 10.5 Å². The highest BCUT2D eigenvalue weighted by Crippen LogP contribution is 2.30. The molecule has 0 radical (unpaired) electrons. The maximum absolute atomic E-state index is 13.2. The molecule has 0 bridgehead atoms. The fourth-order valence-corrected chi connectivity index (χ4v) is 4.60. The number of amides is 1. The van der Waals surface area contributed by atoms with Gasteiger partial charge in [-0.2, -0.15) is 5.10 Å². The molecule has 1 aliphatic rings. The number of carbonyl (C=O) groups is 1. The molecule has 0 aliphatic heterocycles. The Labute approximate surface area is 174 Å². The summed E-state index contributed by atoms with van der Waals surface area (Å²) < 4.78 is 27.3. The number of benzene rings is 2. The third-order valence-electron chi connectivity index (χ3n) is 4.33. The van der Waals surface area contributed by atoms with Gasteiger partial charge in [0.1, 0.15) is 6.54 Å². The van der Waals surface area contributed by atoms with Crippen molar-refractivity contribution in [3.63, 3.8) is 0 Å². The van der Waals surface area contributed by atoms with Gasteiger partial charge in [-0.1, -0.05) is 41.4 Å². The van der Waals surface area contributed by atoms with E-state index in [1.165, 1.54) is 30.3 Å². The molecule has 9 heteroatoms. The van der Waals surface area contributed by atoms with Crippen molar-refractivity contribution < 1.29 is 13.2 Å². The molecule has 0 saturated heterocycles. The number of rotatable bonds is 6. The second-order valence-electron chi connectivity index (χ2n) is 6.34. The van der Waals surface area contributed by atoms with Gasteiger partial charge < -0.3 is 0 Å². The predicted octanol–water partition coefficient (Wildman–Crippen LogP) is 4.23. The monoisotopic (exact) mass is 439 g/mol. The first kappa shape index (κ1) is 20.6.